The van der Waals surface area contributed by atoms with Crippen molar-refractivity contribution < 1.29 is 0 Å². The van der Waals surface area contributed by atoms with Gasteiger partial charge in [-0.05, 0) is 57.7 Å². The molecule has 0 bridgehead atoms. The van der Waals surface area contributed by atoms with Gasteiger partial charge in [0.2, 0.25) is 0 Å². The van der Waals surface area contributed by atoms with Crippen LogP contribution in [0.4, 0.5) is 0 Å². The van der Waals surface area contributed by atoms with Gasteiger partial charge in [-0.2, -0.15) is 0 Å². The van der Waals surface area contributed by atoms with Gasteiger partial charge in [0.05, 0.1) is 0 Å². The van der Waals surface area contributed by atoms with Gasteiger partial charge in [-0.3, -0.25) is 4.90 Å². The highest BCUT2D eigenvalue weighted by Crippen LogP contribution is 2.37. The maximum atomic E-state index is 3.57. The Hall–Kier alpha value is -0.860. The third-order valence-corrected chi connectivity index (χ3v) is 5.63. The predicted molar refractivity (Wildman–Crippen MR) is 85.1 cm³/mol. The van der Waals surface area contributed by atoms with Crippen molar-refractivity contribution in [3.63, 3.8) is 0 Å². The molecule has 0 amide bonds. The summed E-state index contributed by atoms with van der Waals surface area (Å²) in [6, 6.07) is 13.3. The molecule has 2 nitrogen and oxygen atoms in total. The van der Waals surface area contributed by atoms with E-state index in [-0.39, 0.29) is 0 Å². The van der Waals surface area contributed by atoms with Crippen molar-refractivity contribution in [3.05, 3.63) is 35.9 Å². The minimum atomic E-state index is 0.667. The molecule has 2 fully saturated rings. The molecule has 20 heavy (non-hydrogen) atoms. The van der Waals surface area contributed by atoms with Crippen molar-refractivity contribution in [3.8, 4) is 0 Å². The van der Waals surface area contributed by atoms with Crippen LogP contribution in [-0.2, 0) is 0 Å². The van der Waals surface area contributed by atoms with E-state index in [1.165, 1.54) is 44.1 Å². The Morgan fingerprint density at radius 2 is 1.80 bits per heavy atom. The van der Waals surface area contributed by atoms with Gasteiger partial charge in [0, 0.05) is 18.1 Å². The van der Waals surface area contributed by atoms with E-state index >= 15 is 0 Å². The molecule has 0 aliphatic heterocycles. The van der Waals surface area contributed by atoms with Crippen LogP contribution in [0.5, 0.6) is 0 Å². The molecule has 3 rings (SSSR count). The monoisotopic (exact) mass is 272 g/mol. The summed E-state index contributed by atoms with van der Waals surface area (Å²) in [5.74, 6) is 0.744. The lowest BCUT2D eigenvalue weighted by Crippen LogP contribution is -2.55. The van der Waals surface area contributed by atoms with E-state index in [1.807, 2.05) is 0 Å². The zero-order valence-corrected chi connectivity index (χ0v) is 12.9. The van der Waals surface area contributed by atoms with Crippen LogP contribution in [0, 0.1) is 0 Å². The summed E-state index contributed by atoms with van der Waals surface area (Å²) < 4.78 is 0. The predicted octanol–water partition coefficient (Wildman–Crippen LogP) is 3.40. The maximum absolute atomic E-state index is 3.57. The van der Waals surface area contributed by atoms with Gasteiger partial charge < -0.3 is 5.32 Å². The summed E-state index contributed by atoms with van der Waals surface area (Å²) in [5.41, 5.74) is 1.54. The van der Waals surface area contributed by atoms with Crippen LogP contribution in [0.2, 0.25) is 0 Å². The van der Waals surface area contributed by atoms with Crippen molar-refractivity contribution in [2.45, 2.75) is 62.6 Å². The summed E-state index contributed by atoms with van der Waals surface area (Å²) in [7, 11) is 4.49. The lowest BCUT2D eigenvalue weighted by atomic mass is 9.77. The van der Waals surface area contributed by atoms with Gasteiger partial charge >= 0.3 is 0 Å². The number of hydrogen-bond donors (Lipinski definition) is 1. The molecule has 0 radical (unpaired) electrons. The third-order valence-electron chi connectivity index (χ3n) is 5.63. The smallest absolute Gasteiger partial charge is 0.0254 e. The van der Waals surface area contributed by atoms with Crippen molar-refractivity contribution in [1.82, 2.24) is 10.2 Å². The van der Waals surface area contributed by atoms with E-state index in [0.717, 1.165) is 12.0 Å². The van der Waals surface area contributed by atoms with Crippen LogP contribution in [0.1, 0.15) is 50.0 Å². The second kappa shape index (κ2) is 6.28. The zero-order valence-electron chi connectivity index (χ0n) is 12.9. The molecule has 2 aliphatic rings. The fraction of sp³-hybridized carbons (Fsp3) is 0.667. The Labute approximate surface area is 123 Å². The largest absolute Gasteiger partial charge is 0.315 e. The lowest BCUT2D eigenvalue weighted by molar-refractivity contribution is 0.0629. The molecule has 1 aromatic rings. The van der Waals surface area contributed by atoms with Crippen LogP contribution in [0.3, 0.4) is 0 Å². The number of likely N-dealkylation sites (N-methyl/N-ethyl adjacent to an activating group) is 2. The Bertz CT molecular complexity index is 413. The van der Waals surface area contributed by atoms with Gasteiger partial charge in [-0.25, -0.2) is 0 Å². The molecule has 0 spiro atoms. The van der Waals surface area contributed by atoms with E-state index in [9.17, 15) is 0 Å². The molecule has 0 heterocycles. The van der Waals surface area contributed by atoms with E-state index in [2.05, 4.69) is 54.6 Å². The van der Waals surface area contributed by atoms with Gasteiger partial charge in [-0.15, -0.1) is 0 Å². The second-order valence-electron chi connectivity index (χ2n) is 6.63. The van der Waals surface area contributed by atoms with Crippen molar-refractivity contribution in [2.24, 2.45) is 0 Å². The number of nitrogens with zero attached hydrogens (tertiary/aromatic N) is 1. The molecular weight excluding hydrogens is 244 g/mol. The Morgan fingerprint density at radius 3 is 2.40 bits per heavy atom. The van der Waals surface area contributed by atoms with E-state index < -0.39 is 0 Å². The van der Waals surface area contributed by atoms with Crippen LogP contribution >= 0.6 is 0 Å². The van der Waals surface area contributed by atoms with Crippen LogP contribution < -0.4 is 5.32 Å². The SMILES string of the molecule is CNC1CCC(c2ccccc2)CC1N(C)C1CCC1. The van der Waals surface area contributed by atoms with E-state index in [0.29, 0.717) is 12.1 Å². The molecule has 3 atom stereocenters. The standard InChI is InChI=1S/C18H28N2/c1-19-17-12-11-15(14-7-4-3-5-8-14)13-18(17)20(2)16-9-6-10-16/h3-5,7-8,15-19H,6,9-13H2,1-2H3. The fourth-order valence-corrected chi connectivity index (χ4v) is 4.03. The zero-order chi connectivity index (χ0) is 13.9. The molecule has 2 saturated carbocycles. The quantitative estimate of drug-likeness (QED) is 0.904. The average Bonchev–Trinajstić information content (AvgIpc) is 2.45. The van der Waals surface area contributed by atoms with Gasteiger partial charge in [0.15, 0.2) is 0 Å². The van der Waals surface area contributed by atoms with E-state index in [1.54, 1.807) is 0 Å². The first-order valence-electron chi connectivity index (χ1n) is 8.23. The summed E-state index contributed by atoms with van der Waals surface area (Å²) in [6.45, 7) is 0. The molecule has 110 valence electrons. The summed E-state index contributed by atoms with van der Waals surface area (Å²) >= 11 is 0. The van der Waals surface area contributed by atoms with Crippen LogP contribution in [0.25, 0.3) is 0 Å². The Morgan fingerprint density at radius 1 is 1.05 bits per heavy atom. The van der Waals surface area contributed by atoms with Crippen LogP contribution in [0.15, 0.2) is 30.3 Å². The minimum absolute atomic E-state index is 0.667. The lowest BCUT2D eigenvalue weighted by Gasteiger charge is -2.47. The molecule has 1 N–H and O–H groups in total. The second-order valence-corrected chi connectivity index (χ2v) is 6.63. The average molecular weight is 272 g/mol. The highest BCUT2D eigenvalue weighted by atomic mass is 15.2. The van der Waals surface area contributed by atoms with Crippen molar-refractivity contribution in [1.29, 1.82) is 0 Å². The molecular formula is C18H28N2. The molecule has 2 aliphatic carbocycles. The first-order valence-corrected chi connectivity index (χ1v) is 8.23. The van der Waals surface area contributed by atoms with Crippen molar-refractivity contribution >= 4 is 0 Å². The molecule has 0 saturated heterocycles. The molecule has 3 unspecified atom stereocenters. The normalized spacial score (nSPS) is 31.2. The highest BCUT2D eigenvalue weighted by Gasteiger charge is 2.36. The minimum Gasteiger partial charge on any atom is -0.315 e. The van der Waals surface area contributed by atoms with Crippen molar-refractivity contribution in [2.75, 3.05) is 14.1 Å². The van der Waals surface area contributed by atoms with Gasteiger partial charge in [0.1, 0.15) is 0 Å². The topological polar surface area (TPSA) is 15.3 Å². The first-order chi connectivity index (χ1) is 9.79. The molecule has 0 aromatic heterocycles. The number of benzene rings is 1. The third kappa shape index (κ3) is 2.77. The van der Waals surface area contributed by atoms with E-state index in [4.69, 9.17) is 0 Å². The summed E-state index contributed by atoms with van der Waals surface area (Å²) in [4.78, 5) is 2.68. The Kier molecular flexibility index (Phi) is 4.42. The molecule has 2 heteroatoms. The summed E-state index contributed by atoms with van der Waals surface area (Å²) in [6.07, 6.45) is 8.16. The maximum Gasteiger partial charge on any atom is 0.0254 e. The highest BCUT2D eigenvalue weighted by molar-refractivity contribution is 5.21. The first kappa shape index (κ1) is 14.1. The number of hydrogen-bond acceptors (Lipinski definition) is 2. The molecule has 1 aromatic carbocycles. The fourth-order valence-electron chi connectivity index (χ4n) is 4.03. The number of nitrogens with one attached hydrogen (secondary N) is 1. The number of rotatable bonds is 4. The summed E-state index contributed by atoms with van der Waals surface area (Å²) in [5, 5.41) is 3.57. The van der Waals surface area contributed by atoms with Crippen LogP contribution in [-0.4, -0.2) is 37.1 Å². The van der Waals surface area contributed by atoms with Gasteiger partial charge in [-0.1, -0.05) is 36.8 Å². The Balaban J connectivity index is 1.72. The van der Waals surface area contributed by atoms with Gasteiger partial charge in [0.25, 0.3) is 0 Å².